The van der Waals surface area contributed by atoms with Gasteiger partial charge in [-0.2, -0.15) is 0 Å². The summed E-state index contributed by atoms with van der Waals surface area (Å²) in [6, 6.07) is 0. The zero-order chi connectivity index (χ0) is 77.4. The van der Waals surface area contributed by atoms with Crippen molar-refractivity contribution in [2.45, 2.75) is 290 Å². The number of allylic oxidation sites excluding steroid dienone is 32. The molecule has 0 aliphatic carbocycles. The smallest absolute Gasteiger partial charge is 0.462 e. The van der Waals surface area contributed by atoms with E-state index in [4.69, 9.17) is 37.0 Å². The molecule has 0 heterocycles. The summed E-state index contributed by atoms with van der Waals surface area (Å²) in [5, 5.41) is 10.6. The van der Waals surface area contributed by atoms with Crippen LogP contribution in [0.4, 0.5) is 0 Å². The van der Waals surface area contributed by atoms with E-state index < -0.39 is 97.5 Å². The van der Waals surface area contributed by atoms with E-state index >= 15 is 0 Å². The molecule has 0 fully saturated rings. The second-order valence-corrected chi connectivity index (χ2v) is 28.4. The van der Waals surface area contributed by atoms with Crippen LogP contribution in [-0.2, 0) is 65.4 Å². The number of unbranched alkanes of at least 4 members (excludes halogenated alkanes) is 14. The molecule has 0 aliphatic heterocycles. The van der Waals surface area contributed by atoms with E-state index in [2.05, 4.69) is 192 Å². The maximum Gasteiger partial charge on any atom is 0.472 e. The standard InChI is InChI=1S/C87H138O17P2/c1-5-9-13-17-21-25-29-33-36-39-40-43-45-49-52-56-60-64-68-72-85(90)97-77-82(103-86(91)73-69-65-61-57-53-47-32-28-24-20-16-12-8-4)79-101-105(93,94)99-75-81(88)76-100-106(95,96)102-80-83(104-87(92)74-70-66-62-58-54-50-46-42-38-35-31-27-23-19-15-11-7-3)78-98-84(89)71-67-63-59-55-51-48-44-41-37-34-30-26-22-18-14-10-6-2/h9-11,13-16,20-23,25-28,32-38,40,43-44,48-49,52,55,59-60,64,81-83,88H,5-8,12,17-19,24,29-31,39,41-42,45-47,50-51,53-54,56-58,61-63,65-80H2,1-4H3,(H,93,94)(H,95,96)/b13-9-,14-10-,15-11-,20-16-,25-21-,26-22-,27-23-,32-28-,36-33-,37-34-,38-35-,43-40-,48-44-,52-49-,59-55-,64-60-. The number of aliphatic hydroxyl groups is 1. The number of hydrogen-bond acceptors (Lipinski definition) is 15. The molecule has 19 heteroatoms. The largest absolute Gasteiger partial charge is 0.472 e. The normalized spacial score (nSPS) is 14.9. The van der Waals surface area contributed by atoms with Gasteiger partial charge >= 0.3 is 39.5 Å². The van der Waals surface area contributed by atoms with Crippen molar-refractivity contribution in [1.82, 2.24) is 0 Å². The quantitative estimate of drug-likeness (QED) is 0.0169. The van der Waals surface area contributed by atoms with Gasteiger partial charge < -0.3 is 33.8 Å². The monoisotopic (exact) mass is 1520 g/mol. The lowest BCUT2D eigenvalue weighted by atomic mass is 10.1. The van der Waals surface area contributed by atoms with Gasteiger partial charge in [0.05, 0.1) is 26.4 Å². The SMILES string of the molecule is CC/C=C\C/C=C\C/C=C\C/C=C\C/C=C\C/C=C\CCC(=O)OCC(COP(=O)(O)OCC(O)COP(=O)(O)OCC(COC(=O)CCC/C=C\C/C=C\C/C=C\C/C=C\C/C=C\CC)OC(=O)CCCCCCCCC/C=C\C/C=C\C/C=C\CC)OC(=O)CCCCCCC/C=C\C/C=C\CCC. The van der Waals surface area contributed by atoms with E-state index in [-0.39, 0.29) is 25.7 Å². The number of phosphoric ester groups is 2. The van der Waals surface area contributed by atoms with Gasteiger partial charge in [-0.05, 0) is 161 Å². The minimum Gasteiger partial charge on any atom is -0.462 e. The third-order valence-electron chi connectivity index (χ3n) is 15.5. The van der Waals surface area contributed by atoms with Crippen LogP contribution in [0.5, 0.6) is 0 Å². The van der Waals surface area contributed by atoms with Gasteiger partial charge in [0.25, 0.3) is 0 Å². The molecule has 0 aliphatic rings. The third-order valence-corrected chi connectivity index (χ3v) is 17.4. The number of esters is 4. The topological polar surface area (TPSA) is 237 Å². The molecule has 5 unspecified atom stereocenters. The average molecular weight is 1520 g/mol. The number of phosphoric acid groups is 2. The van der Waals surface area contributed by atoms with Crippen LogP contribution in [0.2, 0.25) is 0 Å². The molecule has 0 aromatic heterocycles. The highest BCUT2D eigenvalue weighted by Gasteiger charge is 2.30. The number of carbonyl (C=O) groups excluding carboxylic acids is 4. The Morgan fingerprint density at radius 2 is 0.519 bits per heavy atom. The Balaban J connectivity index is 5.50. The van der Waals surface area contributed by atoms with E-state index in [0.717, 1.165) is 180 Å². The Morgan fingerprint density at radius 1 is 0.274 bits per heavy atom. The summed E-state index contributed by atoms with van der Waals surface area (Å²) in [5.74, 6) is -2.39. The Labute approximate surface area is 640 Å². The first kappa shape index (κ1) is 99.9. The van der Waals surface area contributed by atoms with E-state index in [9.17, 15) is 43.2 Å². The molecule has 0 saturated carbocycles. The maximum absolute atomic E-state index is 13.1. The highest BCUT2D eigenvalue weighted by atomic mass is 31.2. The fourth-order valence-corrected chi connectivity index (χ4v) is 11.2. The highest BCUT2D eigenvalue weighted by molar-refractivity contribution is 7.47. The van der Waals surface area contributed by atoms with Crippen molar-refractivity contribution in [3.63, 3.8) is 0 Å². The van der Waals surface area contributed by atoms with Crippen LogP contribution in [0.15, 0.2) is 194 Å². The summed E-state index contributed by atoms with van der Waals surface area (Å²) in [7, 11) is -10.0. The van der Waals surface area contributed by atoms with Gasteiger partial charge in [0.2, 0.25) is 0 Å². The fraction of sp³-hybridized carbons (Fsp3) is 0.586. The molecule has 0 aromatic carbocycles. The molecule has 0 amide bonds. The molecule has 0 rings (SSSR count). The molecule has 0 saturated heterocycles. The predicted molar refractivity (Wildman–Crippen MR) is 436 cm³/mol. The molecule has 0 aromatic rings. The van der Waals surface area contributed by atoms with Gasteiger partial charge in [0.1, 0.15) is 19.3 Å². The minimum absolute atomic E-state index is 0.0248. The van der Waals surface area contributed by atoms with Gasteiger partial charge in [-0.1, -0.05) is 280 Å². The molecule has 17 nitrogen and oxygen atoms in total. The van der Waals surface area contributed by atoms with Crippen molar-refractivity contribution in [1.29, 1.82) is 0 Å². The van der Waals surface area contributed by atoms with Crippen LogP contribution in [0, 0.1) is 0 Å². The van der Waals surface area contributed by atoms with Gasteiger partial charge in [-0.3, -0.25) is 37.3 Å². The number of ether oxygens (including phenoxy) is 4. The molecule has 0 bridgehead atoms. The lowest BCUT2D eigenvalue weighted by Crippen LogP contribution is -2.30. The van der Waals surface area contributed by atoms with E-state index in [1.54, 1.807) is 0 Å². The first-order chi connectivity index (χ1) is 51.7. The summed E-state index contributed by atoms with van der Waals surface area (Å²) in [4.78, 5) is 73.0. The molecule has 598 valence electrons. The van der Waals surface area contributed by atoms with Crippen molar-refractivity contribution in [2.24, 2.45) is 0 Å². The van der Waals surface area contributed by atoms with Crippen LogP contribution in [-0.4, -0.2) is 96.7 Å². The van der Waals surface area contributed by atoms with E-state index in [1.165, 1.54) is 0 Å². The molecule has 0 radical (unpaired) electrons. The summed E-state index contributed by atoms with van der Waals surface area (Å²) in [6.07, 6.45) is 94.3. The summed E-state index contributed by atoms with van der Waals surface area (Å²) >= 11 is 0. The number of rotatable bonds is 72. The molecular weight excluding hydrogens is 1380 g/mol. The average Bonchev–Trinajstić information content (AvgIpc) is 0.900. The minimum atomic E-state index is -5.01. The van der Waals surface area contributed by atoms with Crippen LogP contribution >= 0.6 is 15.6 Å². The maximum atomic E-state index is 13.1. The first-order valence-corrected chi connectivity index (χ1v) is 42.7. The number of aliphatic hydroxyl groups excluding tert-OH is 1. The zero-order valence-corrected chi connectivity index (χ0v) is 67.1. The fourth-order valence-electron chi connectivity index (χ4n) is 9.63. The van der Waals surface area contributed by atoms with Crippen molar-refractivity contribution < 1.29 is 80.2 Å². The van der Waals surface area contributed by atoms with Crippen molar-refractivity contribution in [3.8, 4) is 0 Å². The van der Waals surface area contributed by atoms with Crippen molar-refractivity contribution >= 4 is 39.5 Å². The van der Waals surface area contributed by atoms with Crippen LogP contribution in [0.3, 0.4) is 0 Å². The third kappa shape index (κ3) is 76.1. The molecule has 3 N–H and O–H groups in total. The summed E-state index contributed by atoms with van der Waals surface area (Å²) < 4.78 is 68.4. The second kappa shape index (κ2) is 77.1. The molecule has 106 heavy (non-hydrogen) atoms. The Bertz CT molecular complexity index is 2780. The van der Waals surface area contributed by atoms with Crippen LogP contribution in [0.1, 0.15) is 272 Å². The van der Waals surface area contributed by atoms with Gasteiger partial charge in [0.15, 0.2) is 12.2 Å². The first-order valence-electron chi connectivity index (χ1n) is 39.7. The summed E-state index contributed by atoms with van der Waals surface area (Å²) in [6.45, 7) is 4.26. The Kier molecular flexibility index (Phi) is 72.6. The van der Waals surface area contributed by atoms with Gasteiger partial charge in [-0.25, -0.2) is 9.13 Å². The molecule has 5 atom stereocenters. The molecular formula is C87H138O17P2. The van der Waals surface area contributed by atoms with Crippen molar-refractivity contribution in [3.05, 3.63) is 194 Å². The number of carbonyl (C=O) groups is 4. The van der Waals surface area contributed by atoms with Gasteiger partial charge in [-0.15, -0.1) is 0 Å². The molecule has 0 spiro atoms. The summed E-state index contributed by atoms with van der Waals surface area (Å²) in [5.41, 5.74) is 0. The van der Waals surface area contributed by atoms with E-state index in [0.29, 0.717) is 38.5 Å². The van der Waals surface area contributed by atoms with Crippen LogP contribution in [0.25, 0.3) is 0 Å². The highest BCUT2D eigenvalue weighted by Crippen LogP contribution is 2.45. The lowest BCUT2D eigenvalue weighted by molar-refractivity contribution is -0.161. The zero-order valence-electron chi connectivity index (χ0n) is 65.3. The lowest BCUT2D eigenvalue weighted by Gasteiger charge is -2.21. The second-order valence-electron chi connectivity index (χ2n) is 25.5. The van der Waals surface area contributed by atoms with Gasteiger partial charge in [0, 0.05) is 25.7 Å². The predicted octanol–water partition coefficient (Wildman–Crippen LogP) is 23.3. The Hall–Kier alpha value is -6.10. The van der Waals surface area contributed by atoms with Crippen LogP contribution < -0.4 is 0 Å². The Morgan fingerprint density at radius 3 is 0.840 bits per heavy atom. The van der Waals surface area contributed by atoms with Crippen molar-refractivity contribution in [2.75, 3.05) is 39.6 Å². The number of hydrogen-bond donors (Lipinski definition) is 3. The van der Waals surface area contributed by atoms with E-state index in [1.807, 2.05) is 30.4 Å².